The Bertz CT molecular complexity index is 606. The molecule has 19 heavy (non-hydrogen) atoms. The van der Waals surface area contributed by atoms with Gasteiger partial charge in [-0.2, -0.15) is 0 Å². The Hall–Kier alpha value is -2.00. The van der Waals surface area contributed by atoms with Gasteiger partial charge in [0.2, 0.25) is 0 Å². The van der Waals surface area contributed by atoms with Crippen molar-refractivity contribution >= 4 is 23.3 Å². The zero-order valence-electron chi connectivity index (χ0n) is 10.7. The Morgan fingerprint density at radius 2 is 1.68 bits per heavy atom. The van der Waals surface area contributed by atoms with Crippen LogP contribution in [-0.4, -0.2) is 25.2 Å². The number of hydrogen-bond acceptors (Lipinski definition) is 2. The lowest BCUT2D eigenvalue weighted by atomic mass is 10.0. The van der Waals surface area contributed by atoms with Gasteiger partial charge >= 0.3 is 5.97 Å². The van der Waals surface area contributed by atoms with E-state index in [0.717, 1.165) is 16.8 Å². The third-order valence-corrected chi connectivity index (χ3v) is 3.08. The fraction of sp³-hybridized carbons (Fsp3) is 0.133. The lowest BCUT2D eigenvalue weighted by Gasteiger charge is -2.13. The molecule has 98 valence electrons. The maximum Gasteiger partial charge on any atom is 0.335 e. The first kappa shape index (κ1) is 13.4. The van der Waals surface area contributed by atoms with E-state index in [1.54, 1.807) is 12.1 Å². The highest BCUT2D eigenvalue weighted by atomic mass is 35.5. The molecule has 1 N–H and O–H groups in total. The summed E-state index contributed by atoms with van der Waals surface area (Å²) in [4.78, 5) is 13.0. The summed E-state index contributed by atoms with van der Waals surface area (Å²) < 4.78 is 0. The summed E-state index contributed by atoms with van der Waals surface area (Å²) in [7, 11) is 3.94. The van der Waals surface area contributed by atoms with E-state index >= 15 is 0 Å². The molecule has 0 fully saturated rings. The van der Waals surface area contributed by atoms with Gasteiger partial charge in [0, 0.05) is 24.8 Å². The average molecular weight is 276 g/mol. The van der Waals surface area contributed by atoms with Crippen molar-refractivity contribution in [3.8, 4) is 11.1 Å². The van der Waals surface area contributed by atoms with Crippen LogP contribution in [0.4, 0.5) is 5.69 Å². The van der Waals surface area contributed by atoms with Crippen LogP contribution >= 0.6 is 11.6 Å². The van der Waals surface area contributed by atoms with Gasteiger partial charge in [0.25, 0.3) is 0 Å². The molecule has 0 atom stereocenters. The molecule has 0 bridgehead atoms. The molecule has 2 aromatic rings. The van der Waals surface area contributed by atoms with Crippen molar-refractivity contribution in [2.45, 2.75) is 0 Å². The molecule has 0 spiro atoms. The van der Waals surface area contributed by atoms with Crippen LogP contribution in [0, 0.1) is 0 Å². The molecule has 0 amide bonds. The summed E-state index contributed by atoms with van der Waals surface area (Å²) in [6.45, 7) is 0. The third-order valence-electron chi connectivity index (χ3n) is 2.86. The zero-order chi connectivity index (χ0) is 14.0. The minimum absolute atomic E-state index is 0.194. The average Bonchev–Trinajstić information content (AvgIpc) is 2.38. The topological polar surface area (TPSA) is 40.5 Å². The fourth-order valence-electron chi connectivity index (χ4n) is 1.83. The monoisotopic (exact) mass is 275 g/mol. The third kappa shape index (κ3) is 3.06. The molecule has 2 aromatic carbocycles. The fourth-order valence-corrected chi connectivity index (χ4v) is 2.07. The van der Waals surface area contributed by atoms with Gasteiger partial charge in [-0.3, -0.25) is 0 Å². The van der Waals surface area contributed by atoms with Crippen molar-refractivity contribution in [1.82, 2.24) is 0 Å². The second kappa shape index (κ2) is 5.33. The molecule has 0 aromatic heterocycles. The van der Waals surface area contributed by atoms with Gasteiger partial charge in [-0.05, 0) is 41.5 Å². The standard InChI is InChI=1S/C15H14ClNO2/c1-17(2)14-5-3-10(4-6-14)11-7-12(15(18)19)9-13(16)8-11/h3-9H,1-2H3,(H,18,19). The molecule has 0 radical (unpaired) electrons. The van der Waals surface area contributed by atoms with E-state index in [2.05, 4.69) is 0 Å². The van der Waals surface area contributed by atoms with E-state index < -0.39 is 5.97 Å². The number of carboxylic acid groups (broad SMARTS) is 1. The van der Waals surface area contributed by atoms with Crippen LogP contribution < -0.4 is 4.90 Å². The zero-order valence-corrected chi connectivity index (χ0v) is 11.5. The Morgan fingerprint density at radius 1 is 1.05 bits per heavy atom. The van der Waals surface area contributed by atoms with Crippen LogP contribution in [0.25, 0.3) is 11.1 Å². The minimum atomic E-state index is -0.978. The van der Waals surface area contributed by atoms with Gasteiger partial charge in [-0.25, -0.2) is 4.79 Å². The summed E-state index contributed by atoms with van der Waals surface area (Å²) >= 11 is 5.95. The largest absolute Gasteiger partial charge is 0.478 e. The first-order valence-electron chi connectivity index (χ1n) is 5.79. The number of rotatable bonds is 3. The van der Waals surface area contributed by atoms with Crippen LogP contribution in [0.2, 0.25) is 5.02 Å². The van der Waals surface area contributed by atoms with Gasteiger partial charge in [0.15, 0.2) is 0 Å². The molecule has 0 heterocycles. The Kier molecular flexibility index (Phi) is 3.76. The highest BCUT2D eigenvalue weighted by Crippen LogP contribution is 2.26. The van der Waals surface area contributed by atoms with E-state index in [0.29, 0.717) is 5.02 Å². The van der Waals surface area contributed by atoms with E-state index in [1.807, 2.05) is 43.3 Å². The smallest absolute Gasteiger partial charge is 0.335 e. The number of benzene rings is 2. The molecule has 2 rings (SSSR count). The van der Waals surface area contributed by atoms with Gasteiger partial charge < -0.3 is 10.0 Å². The number of hydrogen-bond donors (Lipinski definition) is 1. The predicted octanol–water partition coefficient (Wildman–Crippen LogP) is 3.77. The summed E-state index contributed by atoms with van der Waals surface area (Å²) in [6, 6.07) is 12.7. The van der Waals surface area contributed by atoms with Crippen molar-refractivity contribution in [3.05, 3.63) is 53.1 Å². The van der Waals surface area contributed by atoms with Crippen LogP contribution in [0.5, 0.6) is 0 Å². The van der Waals surface area contributed by atoms with Gasteiger partial charge in [-0.15, -0.1) is 0 Å². The summed E-state index contributed by atoms with van der Waals surface area (Å²) in [5.41, 5.74) is 3.02. The number of halogens is 1. The molecule has 0 aliphatic heterocycles. The molecule has 0 aliphatic rings. The molecule has 4 heteroatoms. The van der Waals surface area contributed by atoms with E-state index in [-0.39, 0.29) is 5.56 Å². The maximum absolute atomic E-state index is 11.0. The van der Waals surface area contributed by atoms with Gasteiger partial charge in [0.05, 0.1) is 5.56 Å². The quantitative estimate of drug-likeness (QED) is 0.927. The van der Waals surface area contributed by atoms with Crippen molar-refractivity contribution in [3.63, 3.8) is 0 Å². The molecule has 0 unspecified atom stereocenters. The normalized spacial score (nSPS) is 10.3. The second-order valence-electron chi connectivity index (χ2n) is 4.48. The number of nitrogens with zero attached hydrogens (tertiary/aromatic N) is 1. The molecule has 3 nitrogen and oxygen atoms in total. The van der Waals surface area contributed by atoms with Crippen LogP contribution in [0.3, 0.4) is 0 Å². The molecule has 0 aliphatic carbocycles. The lowest BCUT2D eigenvalue weighted by Crippen LogP contribution is -2.07. The Balaban J connectivity index is 2.43. The Morgan fingerprint density at radius 3 is 2.21 bits per heavy atom. The number of aromatic carboxylic acids is 1. The number of carbonyl (C=O) groups is 1. The minimum Gasteiger partial charge on any atom is -0.478 e. The summed E-state index contributed by atoms with van der Waals surface area (Å²) in [5.74, 6) is -0.978. The van der Waals surface area contributed by atoms with Crippen molar-refractivity contribution in [2.24, 2.45) is 0 Å². The second-order valence-corrected chi connectivity index (χ2v) is 4.91. The maximum atomic E-state index is 11.0. The van der Waals surface area contributed by atoms with E-state index in [1.165, 1.54) is 6.07 Å². The lowest BCUT2D eigenvalue weighted by molar-refractivity contribution is 0.0697. The highest BCUT2D eigenvalue weighted by molar-refractivity contribution is 6.31. The first-order chi connectivity index (χ1) is 8.97. The van der Waals surface area contributed by atoms with Crippen molar-refractivity contribution < 1.29 is 9.90 Å². The Labute approximate surface area is 117 Å². The van der Waals surface area contributed by atoms with E-state index in [4.69, 9.17) is 16.7 Å². The number of carboxylic acids is 1. The molecule has 0 saturated carbocycles. The molecule has 0 saturated heterocycles. The van der Waals surface area contributed by atoms with E-state index in [9.17, 15) is 4.79 Å². The summed E-state index contributed by atoms with van der Waals surface area (Å²) in [6.07, 6.45) is 0. The van der Waals surface area contributed by atoms with Crippen molar-refractivity contribution in [1.29, 1.82) is 0 Å². The molecular weight excluding hydrogens is 262 g/mol. The van der Waals surface area contributed by atoms with Gasteiger partial charge in [0.1, 0.15) is 0 Å². The van der Waals surface area contributed by atoms with Crippen LogP contribution in [0.1, 0.15) is 10.4 Å². The van der Waals surface area contributed by atoms with Crippen molar-refractivity contribution in [2.75, 3.05) is 19.0 Å². The number of anilines is 1. The molecular formula is C15H14ClNO2. The first-order valence-corrected chi connectivity index (χ1v) is 6.17. The predicted molar refractivity (Wildman–Crippen MR) is 78.2 cm³/mol. The van der Waals surface area contributed by atoms with Gasteiger partial charge in [-0.1, -0.05) is 23.7 Å². The SMILES string of the molecule is CN(C)c1ccc(-c2cc(Cl)cc(C(=O)O)c2)cc1. The highest BCUT2D eigenvalue weighted by Gasteiger charge is 2.08. The summed E-state index contributed by atoms with van der Waals surface area (Å²) in [5, 5.41) is 9.45. The van der Waals surface area contributed by atoms with Crippen LogP contribution in [0.15, 0.2) is 42.5 Å². The van der Waals surface area contributed by atoms with Crippen LogP contribution in [-0.2, 0) is 0 Å².